The second kappa shape index (κ2) is 7.78. The predicted octanol–water partition coefficient (Wildman–Crippen LogP) is 2.56. The van der Waals surface area contributed by atoms with E-state index < -0.39 is 15.1 Å². The minimum absolute atomic E-state index is 0.0662. The fourth-order valence-electron chi connectivity index (χ4n) is 4.03. The highest BCUT2D eigenvalue weighted by Gasteiger charge is 2.34. The molecule has 1 N–H and O–H groups in total. The van der Waals surface area contributed by atoms with Gasteiger partial charge >= 0.3 is 0 Å². The van der Waals surface area contributed by atoms with Gasteiger partial charge in [-0.15, -0.1) is 0 Å². The number of benzene rings is 1. The van der Waals surface area contributed by atoms with Crippen LogP contribution in [0.3, 0.4) is 0 Å². The van der Waals surface area contributed by atoms with Gasteiger partial charge < -0.3 is 10.1 Å². The Morgan fingerprint density at radius 2 is 1.94 bits per heavy atom. The first-order chi connectivity index (χ1) is 16.4. The standard InChI is InChI=1S/C24H23N5O4S/c1-15-2-3-16(24(30)27-18-4-5-18)8-21(15)17-9-26-29(11-17)23-10-25-22-7-6-19(12-28(22)23)34(31,32)20-13-33-14-20/h2-3,6-12,18,20H,4-5,13-14H2,1H3,(H,27,30). The van der Waals surface area contributed by atoms with E-state index in [9.17, 15) is 13.2 Å². The summed E-state index contributed by atoms with van der Waals surface area (Å²) >= 11 is 0. The maximum Gasteiger partial charge on any atom is 0.251 e. The van der Waals surface area contributed by atoms with Gasteiger partial charge in [-0.2, -0.15) is 5.10 Å². The van der Waals surface area contributed by atoms with Gasteiger partial charge in [0.15, 0.2) is 15.7 Å². The molecule has 0 unspecified atom stereocenters. The van der Waals surface area contributed by atoms with E-state index in [0.717, 1.165) is 29.5 Å². The minimum Gasteiger partial charge on any atom is -0.379 e. The third kappa shape index (κ3) is 3.59. The van der Waals surface area contributed by atoms with Crippen LogP contribution in [0, 0.1) is 6.92 Å². The third-order valence-electron chi connectivity index (χ3n) is 6.37. The molecule has 0 bridgehead atoms. The molecular weight excluding hydrogens is 454 g/mol. The Kier molecular flexibility index (Phi) is 4.82. The summed E-state index contributed by atoms with van der Waals surface area (Å²) in [6, 6.07) is 9.21. The Morgan fingerprint density at radius 1 is 1.12 bits per heavy atom. The summed E-state index contributed by atoms with van der Waals surface area (Å²) in [5.41, 5.74) is 4.02. The first-order valence-corrected chi connectivity index (χ1v) is 12.7. The van der Waals surface area contributed by atoms with Gasteiger partial charge in [0.25, 0.3) is 5.91 Å². The SMILES string of the molecule is Cc1ccc(C(=O)NC2CC2)cc1-c1cnn(-c2cnc3ccc(S(=O)(=O)C4COC4)cn23)c1. The molecule has 1 aliphatic heterocycles. The van der Waals surface area contributed by atoms with Crippen LogP contribution in [0.1, 0.15) is 28.8 Å². The molecule has 3 aromatic heterocycles. The number of fused-ring (bicyclic) bond motifs is 1. The molecular formula is C24H23N5O4S. The zero-order valence-electron chi connectivity index (χ0n) is 18.5. The average Bonchev–Trinajstić information content (AvgIpc) is 3.29. The number of rotatable bonds is 6. The largest absolute Gasteiger partial charge is 0.379 e. The molecule has 2 fully saturated rings. The molecule has 10 heteroatoms. The summed E-state index contributed by atoms with van der Waals surface area (Å²) in [5.74, 6) is 0.548. The number of amides is 1. The second-order valence-electron chi connectivity index (χ2n) is 8.86. The van der Waals surface area contributed by atoms with Crippen LogP contribution in [0.4, 0.5) is 0 Å². The van der Waals surface area contributed by atoms with Crippen molar-refractivity contribution in [2.45, 2.75) is 36.0 Å². The number of nitrogens with one attached hydrogen (secondary N) is 1. The minimum atomic E-state index is -3.47. The van der Waals surface area contributed by atoms with Gasteiger partial charge in [-0.25, -0.2) is 18.1 Å². The number of aryl methyl sites for hydroxylation is 1. The quantitative estimate of drug-likeness (QED) is 0.457. The van der Waals surface area contributed by atoms with Crippen LogP contribution in [-0.4, -0.2) is 58.0 Å². The molecule has 4 heterocycles. The number of carbonyl (C=O) groups is 1. The molecule has 34 heavy (non-hydrogen) atoms. The van der Waals surface area contributed by atoms with Crippen LogP contribution in [0.5, 0.6) is 0 Å². The zero-order valence-corrected chi connectivity index (χ0v) is 19.3. The molecule has 0 atom stereocenters. The Bertz CT molecular complexity index is 1530. The zero-order chi connectivity index (χ0) is 23.4. The molecule has 1 aromatic carbocycles. The maximum absolute atomic E-state index is 12.8. The molecule has 174 valence electrons. The first kappa shape index (κ1) is 21.1. The molecule has 6 rings (SSSR count). The van der Waals surface area contributed by atoms with E-state index in [1.165, 1.54) is 0 Å². The fraction of sp³-hybridized carbons (Fsp3) is 0.292. The molecule has 1 aliphatic carbocycles. The number of aromatic nitrogens is 4. The van der Waals surface area contributed by atoms with E-state index in [4.69, 9.17) is 4.74 Å². The normalized spacial score (nSPS) is 16.5. The maximum atomic E-state index is 12.8. The van der Waals surface area contributed by atoms with Gasteiger partial charge in [0, 0.05) is 29.6 Å². The number of hydrogen-bond donors (Lipinski definition) is 1. The lowest BCUT2D eigenvalue weighted by atomic mass is 10.0. The summed E-state index contributed by atoms with van der Waals surface area (Å²) < 4.78 is 34.1. The van der Waals surface area contributed by atoms with Gasteiger partial charge in [0.05, 0.1) is 30.5 Å². The number of sulfone groups is 1. The summed E-state index contributed by atoms with van der Waals surface area (Å²) in [5, 5.41) is 7.01. The summed E-state index contributed by atoms with van der Waals surface area (Å²) in [6.45, 7) is 2.43. The molecule has 1 amide bonds. The number of hydrogen-bond acceptors (Lipinski definition) is 6. The van der Waals surface area contributed by atoms with Crippen molar-refractivity contribution in [2.24, 2.45) is 0 Å². The van der Waals surface area contributed by atoms with E-state index >= 15 is 0 Å². The molecule has 2 aliphatic rings. The number of carbonyl (C=O) groups excluding carboxylic acids is 1. The van der Waals surface area contributed by atoms with Crippen molar-refractivity contribution < 1.29 is 17.9 Å². The van der Waals surface area contributed by atoms with Crippen LogP contribution in [0.15, 0.2) is 60.0 Å². The van der Waals surface area contributed by atoms with Crippen molar-refractivity contribution in [3.05, 3.63) is 66.2 Å². The fourth-order valence-corrected chi connectivity index (χ4v) is 5.48. The van der Waals surface area contributed by atoms with Crippen LogP contribution in [0.25, 0.3) is 22.6 Å². The lowest BCUT2D eigenvalue weighted by Crippen LogP contribution is -2.40. The molecule has 1 saturated carbocycles. The highest BCUT2D eigenvalue weighted by molar-refractivity contribution is 7.92. The highest BCUT2D eigenvalue weighted by atomic mass is 32.2. The molecule has 0 spiro atoms. The smallest absolute Gasteiger partial charge is 0.251 e. The molecule has 9 nitrogen and oxygen atoms in total. The average molecular weight is 478 g/mol. The first-order valence-electron chi connectivity index (χ1n) is 11.2. The van der Waals surface area contributed by atoms with Crippen molar-refractivity contribution in [2.75, 3.05) is 13.2 Å². The van der Waals surface area contributed by atoms with Gasteiger partial charge in [0.2, 0.25) is 0 Å². The topological polar surface area (TPSA) is 108 Å². The van der Waals surface area contributed by atoms with Crippen LogP contribution in [0.2, 0.25) is 0 Å². The monoisotopic (exact) mass is 477 g/mol. The number of pyridine rings is 1. The van der Waals surface area contributed by atoms with E-state index in [-0.39, 0.29) is 24.0 Å². The lowest BCUT2D eigenvalue weighted by molar-refractivity contribution is 0.0416. The molecule has 4 aromatic rings. The summed E-state index contributed by atoms with van der Waals surface area (Å²) in [4.78, 5) is 17.1. The lowest BCUT2D eigenvalue weighted by Gasteiger charge is -2.25. The Labute approximate surface area is 196 Å². The number of imidazole rings is 1. The molecule has 1 saturated heterocycles. The van der Waals surface area contributed by atoms with Gasteiger partial charge in [-0.05, 0) is 55.2 Å². The van der Waals surface area contributed by atoms with Crippen molar-refractivity contribution in [3.8, 4) is 16.9 Å². The Hall–Kier alpha value is -3.50. The van der Waals surface area contributed by atoms with E-state index in [0.29, 0.717) is 23.1 Å². The third-order valence-corrected chi connectivity index (χ3v) is 8.42. The van der Waals surface area contributed by atoms with E-state index in [1.807, 2.05) is 31.3 Å². The second-order valence-corrected chi connectivity index (χ2v) is 11.1. The van der Waals surface area contributed by atoms with E-state index in [2.05, 4.69) is 15.4 Å². The van der Waals surface area contributed by atoms with Crippen molar-refractivity contribution in [3.63, 3.8) is 0 Å². The van der Waals surface area contributed by atoms with Crippen molar-refractivity contribution in [1.82, 2.24) is 24.5 Å². The van der Waals surface area contributed by atoms with Gasteiger partial charge in [0.1, 0.15) is 10.9 Å². The summed E-state index contributed by atoms with van der Waals surface area (Å²) in [6.07, 6.45) is 8.90. The Balaban J connectivity index is 1.35. The van der Waals surface area contributed by atoms with E-state index in [1.54, 1.807) is 39.8 Å². The molecule has 0 radical (unpaired) electrons. The van der Waals surface area contributed by atoms with Gasteiger partial charge in [-0.3, -0.25) is 9.20 Å². The van der Waals surface area contributed by atoms with Gasteiger partial charge in [-0.1, -0.05) is 6.07 Å². The Morgan fingerprint density at radius 3 is 2.68 bits per heavy atom. The van der Waals surface area contributed by atoms with Crippen LogP contribution < -0.4 is 5.32 Å². The summed E-state index contributed by atoms with van der Waals surface area (Å²) in [7, 11) is -3.47. The number of ether oxygens (including phenoxy) is 1. The predicted molar refractivity (Wildman–Crippen MR) is 125 cm³/mol. The number of nitrogens with zero attached hydrogens (tertiary/aromatic N) is 4. The van der Waals surface area contributed by atoms with Crippen LogP contribution >= 0.6 is 0 Å². The highest BCUT2D eigenvalue weighted by Crippen LogP contribution is 2.27. The van der Waals surface area contributed by atoms with Crippen LogP contribution in [-0.2, 0) is 14.6 Å². The van der Waals surface area contributed by atoms with Crippen molar-refractivity contribution >= 4 is 21.4 Å². The van der Waals surface area contributed by atoms with Crippen molar-refractivity contribution in [1.29, 1.82) is 0 Å².